The van der Waals surface area contributed by atoms with Gasteiger partial charge in [-0.15, -0.1) is 0 Å². The molecule has 6 heteroatoms. The molecule has 0 aliphatic rings. The van der Waals surface area contributed by atoms with Crippen molar-refractivity contribution in [2.75, 3.05) is 11.9 Å². The molecular formula is C16H17N3O3. The largest absolute Gasteiger partial charge is 0.492 e. The van der Waals surface area contributed by atoms with Crippen LogP contribution in [0.3, 0.4) is 0 Å². The monoisotopic (exact) mass is 299 g/mol. The number of nitrogens with one attached hydrogen (secondary N) is 2. The number of aromatic nitrogens is 1. The Balaban J connectivity index is 1.93. The normalized spacial score (nSPS) is 9.86. The van der Waals surface area contributed by atoms with E-state index in [0.717, 1.165) is 0 Å². The highest BCUT2D eigenvalue weighted by Gasteiger charge is 2.15. The van der Waals surface area contributed by atoms with E-state index in [1.807, 2.05) is 13.0 Å². The maximum atomic E-state index is 11.9. The Kier molecular flexibility index (Phi) is 5.48. The van der Waals surface area contributed by atoms with Gasteiger partial charge in [0, 0.05) is 6.20 Å². The number of pyridine rings is 1. The number of hydrogen-bond acceptors (Lipinski definition) is 4. The third kappa shape index (κ3) is 4.31. The van der Waals surface area contributed by atoms with Crippen LogP contribution in [-0.4, -0.2) is 23.4 Å². The van der Waals surface area contributed by atoms with Crippen molar-refractivity contribution in [3.63, 3.8) is 0 Å². The highest BCUT2D eigenvalue weighted by atomic mass is 16.5. The van der Waals surface area contributed by atoms with Crippen LogP contribution in [0.15, 0.2) is 48.7 Å². The number of para-hydroxylation sites is 2. The standard InChI is InChI=1S/C16H17N3O3/c1-2-22-14-9-4-3-8-13(14)19-16(21)15(20)18-11-12-7-5-6-10-17-12/h3-10H,2,11H2,1H3,(H,18,20)(H,19,21). The molecule has 0 aliphatic heterocycles. The lowest BCUT2D eigenvalue weighted by atomic mass is 10.3. The fourth-order valence-electron chi connectivity index (χ4n) is 1.78. The molecule has 2 amide bonds. The smallest absolute Gasteiger partial charge is 0.313 e. The van der Waals surface area contributed by atoms with Crippen LogP contribution in [0.1, 0.15) is 12.6 Å². The maximum Gasteiger partial charge on any atom is 0.313 e. The summed E-state index contributed by atoms with van der Waals surface area (Å²) in [7, 11) is 0. The molecule has 0 saturated heterocycles. The number of benzene rings is 1. The molecule has 2 aromatic rings. The molecule has 0 bridgehead atoms. The Morgan fingerprint density at radius 2 is 1.86 bits per heavy atom. The lowest BCUT2D eigenvalue weighted by Crippen LogP contribution is -2.35. The van der Waals surface area contributed by atoms with Gasteiger partial charge in [0.2, 0.25) is 0 Å². The molecular weight excluding hydrogens is 282 g/mol. The van der Waals surface area contributed by atoms with Gasteiger partial charge in [-0.25, -0.2) is 0 Å². The number of carbonyl (C=O) groups excluding carboxylic acids is 2. The second-order valence-corrected chi connectivity index (χ2v) is 4.39. The van der Waals surface area contributed by atoms with E-state index in [1.54, 1.807) is 42.6 Å². The lowest BCUT2D eigenvalue weighted by molar-refractivity contribution is -0.136. The molecule has 1 aromatic heterocycles. The average Bonchev–Trinajstić information content (AvgIpc) is 2.55. The van der Waals surface area contributed by atoms with Crippen LogP contribution < -0.4 is 15.4 Å². The van der Waals surface area contributed by atoms with Crippen molar-refractivity contribution in [1.82, 2.24) is 10.3 Å². The molecule has 2 N–H and O–H groups in total. The van der Waals surface area contributed by atoms with Gasteiger partial charge in [0.25, 0.3) is 0 Å². The number of ether oxygens (including phenoxy) is 1. The van der Waals surface area contributed by atoms with E-state index in [2.05, 4.69) is 15.6 Å². The fourth-order valence-corrected chi connectivity index (χ4v) is 1.78. The average molecular weight is 299 g/mol. The summed E-state index contributed by atoms with van der Waals surface area (Å²) >= 11 is 0. The van der Waals surface area contributed by atoms with Crippen LogP contribution in [0.5, 0.6) is 5.75 Å². The number of anilines is 1. The van der Waals surface area contributed by atoms with Crippen molar-refractivity contribution in [1.29, 1.82) is 0 Å². The Morgan fingerprint density at radius 1 is 1.09 bits per heavy atom. The summed E-state index contributed by atoms with van der Waals surface area (Å²) in [6.45, 7) is 2.51. The summed E-state index contributed by atoms with van der Waals surface area (Å²) in [5.74, 6) is -0.948. The summed E-state index contributed by atoms with van der Waals surface area (Å²) in [6.07, 6.45) is 1.62. The molecule has 1 aromatic carbocycles. The molecule has 0 unspecified atom stereocenters. The molecule has 0 aliphatic carbocycles. The quantitative estimate of drug-likeness (QED) is 0.824. The van der Waals surface area contributed by atoms with Gasteiger partial charge in [0.05, 0.1) is 24.5 Å². The van der Waals surface area contributed by atoms with E-state index < -0.39 is 11.8 Å². The predicted molar refractivity (Wildman–Crippen MR) is 82.3 cm³/mol. The van der Waals surface area contributed by atoms with E-state index in [9.17, 15) is 9.59 Å². The Morgan fingerprint density at radius 3 is 2.59 bits per heavy atom. The first-order chi connectivity index (χ1) is 10.7. The molecule has 1 heterocycles. The molecule has 2 rings (SSSR count). The fraction of sp³-hybridized carbons (Fsp3) is 0.188. The van der Waals surface area contributed by atoms with E-state index in [1.165, 1.54) is 0 Å². The second kappa shape index (κ2) is 7.78. The predicted octanol–water partition coefficient (Wildman–Crippen LogP) is 1.74. The molecule has 6 nitrogen and oxygen atoms in total. The first-order valence-corrected chi connectivity index (χ1v) is 6.91. The van der Waals surface area contributed by atoms with Gasteiger partial charge < -0.3 is 15.4 Å². The van der Waals surface area contributed by atoms with Crippen LogP contribution in [0.4, 0.5) is 5.69 Å². The summed E-state index contributed by atoms with van der Waals surface area (Å²) < 4.78 is 5.39. The number of rotatable bonds is 5. The van der Waals surface area contributed by atoms with Gasteiger partial charge >= 0.3 is 11.8 Å². The zero-order chi connectivity index (χ0) is 15.8. The van der Waals surface area contributed by atoms with Gasteiger partial charge in [0.1, 0.15) is 5.75 Å². The molecule has 22 heavy (non-hydrogen) atoms. The van der Waals surface area contributed by atoms with E-state index in [-0.39, 0.29) is 6.54 Å². The molecule has 0 atom stereocenters. The second-order valence-electron chi connectivity index (χ2n) is 4.39. The Labute approximate surface area is 128 Å². The van der Waals surface area contributed by atoms with Crippen molar-refractivity contribution < 1.29 is 14.3 Å². The highest BCUT2D eigenvalue weighted by molar-refractivity contribution is 6.39. The number of amides is 2. The SMILES string of the molecule is CCOc1ccccc1NC(=O)C(=O)NCc1ccccn1. The van der Waals surface area contributed by atoms with Crippen LogP contribution in [-0.2, 0) is 16.1 Å². The summed E-state index contributed by atoms with van der Waals surface area (Å²) in [5.41, 5.74) is 1.14. The third-order valence-corrected chi connectivity index (χ3v) is 2.80. The number of carbonyl (C=O) groups is 2. The van der Waals surface area contributed by atoms with Crippen LogP contribution in [0, 0.1) is 0 Å². The minimum atomic E-state index is -0.747. The number of hydrogen-bond donors (Lipinski definition) is 2. The minimum Gasteiger partial charge on any atom is -0.492 e. The van der Waals surface area contributed by atoms with Crippen molar-refractivity contribution >= 4 is 17.5 Å². The summed E-state index contributed by atoms with van der Waals surface area (Å²) in [5, 5.41) is 5.05. The van der Waals surface area contributed by atoms with Gasteiger partial charge in [-0.3, -0.25) is 14.6 Å². The van der Waals surface area contributed by atoms with Crippen molar-refractivity contribution in [2.24, 2.45) is 0 Å². The van der Waals surface area contributed by atoms with Crippen molar-refractivity contribution in [2.45, 2.75) is 13.5 Å². The Bertz CT molecular complexity index is 644. The lowest BCUT2D eigenvalue weighted by Gasteiger charge is -2.11. The first kappa shape index (κ1) is 15.5. The third-order valence-electron chi connectivity index (χ3n) is 2.80. The van der Waals surface area contributed by atoms with Crippen LogP contribution in [0.25, 0.3) is 0 Å². The molecule has 0 saturated carbocycles. The van der Waals surface area contributed by atoms with Gasteiger partial charge in [-0.1, -0.05) is 18.2 Å². The molecule has 0 fully saturated rings. The molecule has 114 valence electrons. The Hall–Kier alpha value is -2.89. The van der Waals surface area contributed by atoms with Crippen LogP contribution >= 0.6 is 0 Å². The maximum absolute atomic E-state index is 11.9. The van der Waals surface area contributed by atoms with E-state index in [4.69, 9.17) is 4.74 Å². The summed E-state index contributed by atoms with van der Waals surface area (Å²) in [4.78, 5) is 27.8. The van der Waals surface area contributed by atoms with Gasteiger partial charge in [-0.2, -0.15) is 0 Å². The zero-order valence-electron chi connectivity index (χ0n) is 12.2. The number of nitrogens with zero attached hydrogens (tertiary/aromatic N) is 1. The first-order valence-electron chi connectivity index (χ1n) is 6.91. The summed E-state index contributed by atoms with van der Waals surface area (Å²) in [6, 6.07) is 12.3. The van der Waals surface area contributed by atoms with Crippen molar-refractivity contribution in [3.05, 3.63) is 54.4 Å². The molecule has 0 spiro atoms. The zero-order valence-corrected chi connectivity index (χ0v) is 12.2. The topological polar surface area (TPSA) is 80.3 Å². The van der Waals surface area contributed by atoms with E-state index in [0.29, 0.717) is 23.7 Å². The highest BCUT2D eigenvalue weighted by Crippen LogP contribution is 2.23. The minimum absolute atomic E-state index is 0.195. The van der Waals surface area contributed by atoms with Crippen LogP contribution in [0.2, 0.25) is 0 Å². The molecule has 0 radical (unpaired) electrons. The van der Waals surface area contributed by atoms with Crippen molar-refractivity contribution in [3.8, 4) is 5.75 Å². The van der Waals surface area contributed by atoms with Gasteiger partial charge in [-0.05, 0) is 31.2 Å². The van der Waals surface area contributed by atoms with Gasteiger partial charge in [0.15, 0.2) is 0 Å². The van der Waals surface area contributed by atoms with E-state index >= 15 is 0 Å².